The Bertz CT molecular complexity index is 632. The van der Waals surface area contributed by atoms with Crippen molar-refractivity contribution in [1.82, 2.24) is 0 Å². The monoisotopic (exact) mass is 406 g/mol. The number of esters is 2. The van der Waals surface area contributed by atoms with Gasteiger partial charge in [0.25, 0.3) is 0 Å². The summed E-state index contributed by atoms with van der Waals surface area (Å²) in [5.41, 5.74) is 0.501. The van der Waals surface area contributed by atoms with Crippen molar-refractivity contribution < 1.29 is 28.5 Å². The van der Waals surface area contributed by atoms with Crippen LogP contribution in [0.15, 0.2) is 30.3 Å². The lowest BCUT2D eigenvalue weighted by atomic mass is 10.0. The summed E-state index contributed by atoms with van der Waals surface area (Å²) in [5.74, 6) is -1.06. The normalized spacial score (nSPS) is 22.2. The number of hydrogen-bond donors (Lipinski definition) is 0. The highest BCUT2D eigenvalue weighted by Gasteiger charge is 2.38. The SMILES string of the molecule is CCCCC(CC)COC(=O)CCC1(C)OCC(COC(=O)c2ccccc2)O1. The van der Waals surface area contributed by atoms with Crippen molar-refractivity contribution in [2.24, 2.45) is 5.92 Å². The lowest BCUT2D eigenvalue weighted by molar-refractivity contribution is -0.171. The Morgan fingerprint density at radius 2 is 1.97 bits per heavy atom. The largest absolute Gasteiger partial charge is 0.465 e. The summed E-state index contributed by atoms with van der Waals surface area (Å²) in [5, 5.41) is 0. The highest BCUT2D eigenvalue weighted by molar-refractivity contribution is 5.89. The Kier molecular flexibility index (Phi) is 9.61. The molecular weight excluding hydrogens is 372 g/mol. The smallest absolute Gasteiger partial charge is 0.338 e. The molecule has 3 atom stereocenters. The lowest BCUT2D eigenvalue weighted by Gasteiger charge is -2.23. The van der Waals surface area contributed by atoms with Gasteiger partial charge in [-0.25, -0.2) is 4.79 Å². The highest BCUT2D eigenvalue weighted by Crippen LogP contribution is 2.28. The molecule has 0 bridgehead atoms. The molecule has 0 N–H and O–H groups in total. The molecule has 1 aliphatic heterocycles. The Morgan fingerprint density at radius 1 is 1.21 bits per heavy atom. The van der Waals surface area contributed by atoms with Crippen LogP contribution in [0.25, 0.3) is 0 Å². The van der Waals surface area contributed by atoms with E-state index in [-0.39, 0.29) is 31.1 Å². The molecule has 0 saturated carbocycles. The van der Waals surface area contributed by atoms with E-state index >= 15 is 0 Å². The van der Waals surface area contributed by atoms with Crippen molar-refractivity contribution in [1.29, 1.82) is 0 Å². The molecule has 1 saturated heterocycles. The molecule has 3 unspecified atom stereocenters. The molecule has 1 heterocycles. The summed E-state index contributed by atoms with van der Waals surface area (Å²) in [6.07, 6.45) is 4.71. The van der Waals surface area contributed by atoms with Gasteiger partial charge in [0.2, 0.25) is 0 Å². The Labute approximate surface area is 173 Å². The van der Waals surface area contributed by atoms with Gasteiger partial charge in [-0.1, -0.05) is 51.3 Å². The van der Waals surface area contributed by atoms with E-state index < -0.39 is 5.79 Å². The fourth-order valence-electron chi connectivity index (χ4n) is 3.24. The summed E-state index contributed by atoms with van der Waals surface area (Å²) < 4.78 is 22.3. The number of unbranched alkanes of at least 4 members (excludes halogenated alkanes) is 1. The molecule has 0 radical (unpaired) electrons. The highest BCUT2D eigenvalue weighted by atomic mass is 16.7. The van der Waals surface area contributed by atoms with Crippen molar-refractivity contribution in [2.75, 3.05) is 19.8 Å². The van der Waals surface area contributed by atoms with Gasteiger partial charge < -0.3 is 18.9 Å². The Balaban J connectivity index is 1.67. The second-order valence-corrected chi connectivity index (χ2v) is 7.75. The van der Waals surface area contributed by atoms with Crippen LogP contribution in [0, 0.1) is 5.92 Å². The second-order valence-electron chi connectivity index (χ2n) is 7.75. The van der Waals surface area contributed by atoms with E-state index in [1.807, 2.05) is 6.07 Å². The van der Waals surface area contributed by atoms with Gasteiger partial charge in [0.1, 0.15) is 12.7 Å². The van der Waals surface area contributed by atoms with E-state index in [9.17, 15) is 9.59 Å². The molecular formula is C23H34O6. The van der Waals surface area contributed by atoms with Crippen molar-refractivity contribution >= 4 is 11.9 Å². The molecule has 0 amide bonds. The number of ether oxygens (including phenoxy) is 4. The molecule has 0 aliphatic carbocycles. The van der Waals surface area contributed by atoms with Crippen molar-refractivity contribution in [3.05, 3.63) is 35.9 Å². The first-order valence-corrected chi connectivity index (χ1v) is 10.6. The Morgan fingerprint density at radius 3 is 2.66 bits per heavy atom. The van der Waals surface area contributed by atoms with Crippen LogP contribution in [-0.4, -0.2) is 43.7 Å². The topological polar surface area (TPSA) is 71.1 Å². The van der Waals surface area contributed by atoms with Crippen LogP contribution in [0.5, 0.6) is 0 Å². The van der Waals surface area contributed by atoms with Crippen molar-refractivity contribution in [2.45, 2.75) is 71.2 Å². The van der Waals surface area contributed by atoms with Gasteiger partial charge in [-0.2, -0.15) is 0 Å². The van der Waals surface area contributed by atoms with Gasteiger partial charge in [0, 0.05) is 6.42 Å². The molecule has 0 aromatic heterocycles. The van der Waals surface area contributed by atoms with Gasteiger partial charge in [0.05, 0.1) is 25.2 Å². The lowest BCUT2D eigenvalue weighted by Crippen LogP contribution is -2.29. The predicted octanol–water partition coefficient (Wildman–Crippen LogP) is 4.51. The first-order valence-electron chi connectivity index (χ1n) is 10.6. The fourth-order valence-corrected chi connectivity index (χ4v) is 3.24. The molecule has 1 aromatic carbocycles. The summed E-state index contributed by atoms with van der Waals surface area (Å²) in [4.78, 5) is 24.1. The zero-order valence-corrected chi connectivity index (χ0v) is 17.9. The first-order chi connectivity index (χ1) is 14.0. The minimum absolute atomic E-state index is 0.114. The maximum atomic E-state index is 12.1. The second kappa shape index (κ2) is 11.9. The van der Waals surface area contributed by atoms with E-state index in [1.165, 1.54) is 0 Å². The number of carbonyl (C=O) groups excluding carboxylic acids is 2. The van der Waals surface area contributed by atoms with Crippen LogP contribution in [0.3, 0.4) is 0 Å². The molecule has 1 aliphatic rings. The van der Waals surface area contributed by atoms with Gasteiger partial charge in [-0.05, 0) is 31.4 Å². The third-order valence-corrected chi connectivity index (χ3v) is 5.21. The number of hydrogen-bond acceptors (Lipinski definition) is 6. The minimum Gasteiger partial charge on any atom is -0.465 e. The maximum absolute atomic E-state index is 12.1. The van der Waals surface area contributed by atoms with E-state index in [0.29, 0.717) is 31.1 Å². The maximum Gasteiger partial charge on any atom is 0.338 e. The minimum atomic E-state index is -0.866. The van der Waals surface area contributed by atoms with E-state index in [2.05, 4.69) is 13.8 Å². The van der Waals surface area contributed by atoms with Crippen molar-refractivity contribution in [3.63, 3.8) is 0 Å². The van der Waals surface area contributed by atoms with Gasteiger partial charge in [-0.15, -0.1) is 0 Å². The summed E-state index contributed by atoms with van der Waals surface area (Å²) in [6, 6.07) is 8.82. The van der Waals surface area contributed by atoms with Gasteiger partial charge in [-0.3, -0.25) is 4.79 Å². The van der Waals surface area contributed by atoms with E-state index in [1.54, 1.807) is 31.2 Å². The van der Waals surface area contributed by atoms with Crippen LogP contribution in [0.2, 0.25) is 0 Å². The van der Waals surface area contributed by atoms with E-state index in [4.69, 9.17) is 18.9 Å². The zero-order valence-electron chi connectivity index (χ0n) is 17.9. The quantitative estimate of drug-likeness (QED) is 0.476. The van der Waals surface area contributed by atoms with Crippen LogP contribution in [0.1, 0.15) is 69.7 Å². The third-order valence-electron chi connectivity index (χ3n) is 5.21. The summed E-state index contributed by atoms with van der Waals surface area (Å²) in [6.45, 7) is 7.00. The number of benzene rings is 1. The first kappa shape index (κ1) is 23.4. The molecule has 2 rings (SSSR count). The van der Waals surface area contributed by atoms with E-state index in [0.717, 1.165) is 25.7 Å². The third kappa shape index (κ3) is 8.15. The van der Waals surface area contributed by atoms with Crippen molar-refractivity contribution in [3.8, 4) is 0 Å². The fraction of sp³-hybridized carbons (Fsp3) is 0.652. The van der Waals surface area contributed by atoms with Crippen LogP contribution in [0.4, 0.5) is 0 Å². The van der Waals surface area contributed by atoms with Crippen LogP contribution >= 0.6 is 0 Å². The molecule has 0 spiro atoms. The predicted molar refractivity (Wildman–Crippen MR) is 109 cm³/mol. The van der Waals surface area contributed by atoms with Gasteiger partial charge >= 0.3 is 11.9 Å². The number of carbonyl (C=O) groups is 2. The molecule has 1 aromatic rings. The Hall–Kier alpha value is -1.92. The molecule has 162 valence electrons. The number of rotatable bonds is 12. The molecule has 29 heavy (non-hydrogen) atoms. The average molecular weight is 407 g/mol. The summed E-state index contributed by atoms with van der Waals surface area (Å²) >= 11 is 0. The average Bonchev–Trinajstić information content (AvgIpc) is 3.12. The molecule has 1 fully saturated rings. The molecule has 6 nitrogen and oxygen atoms in total. The zero-order chi connectivity index (χ0) is 21.1. The van der Waals surface area contributed by atoms with Crippen LogP contribution in [-0.2, 0) is 23.7 Å². The van der Waals surface area contributed by atoms with Gasteiger partial charge in [0.15, 0.2) is 5.79 Å². The standard InChI is InChI=1S/C23H34O6/c1-4-6-10-18(5-2)15-26-21(24)13-14-23(3)28-17-20(29-23)16-27-22(25)19-11-8-7-9-12-19/h7-9,11-12,18,20H,4-6,10,13-17H2,1-3H3. The van der Waals surface area contributed by atoms with Crippen LogP contribution < -0.4 is 0 Å². The molecule has 6 heteroatoms. The summed E-state index contributed by atoms with van der Waals surface area (Å²) in [7, 11) is 0.